The van der Waals surface area contributed by atoms with Crippen LogP contribution in [0.5, 0.6) is 0 Å². The zero-order chi connectivity index (χ0) is 8.27. The van der Waals surface area contributed by atoms with Crippen molar-refractivity contribution in [3.63, 3.8) is 0 Å². The molecule has 1 atom stereocenters. The highest BCUT2D eigenvalue weighted by molar-refractivity contribution is 8.00. The first-order valence-corrected chi connectivity index (χ1v) is 4.56. The van der Waals surface area contributed by atoms with Crippen molar-refractivity contribution in [2.75, 3.05) is 25.4 Å². The number of hydrogen-bond donors (Lipinski definition) is 2. The standard InChI is InChI=1S/C6H12N2O2S/c7-3-5(10)8-1-2-11-6(8)4-9/h6,9H,1-4,7H2. The summed E-state index contributed by atoms with van der Waals surface area (Å²) in [6.07, 6.45) is 0. The topological polar surface area (TPSA) is 66.6 Å². The molecule has 0 saturated carbocycles. The molecule has 1 heterocycles. The normalized spacial score (nSPS) is 24.2. The first-order valence-electron chi connectivity index (χ1n) is 3.51. The fourth-order valence-electron chi connectivity index (χ4n) is 1.07. The zero-order valence-corrected chi connectivity index (χ0v) is 7.01. The number of nitrogens with two attached hydrogens (primary N) is 1. The van der Waals surface area contributed by atoms with E-state index < -0.39 is 0 Å². The molecule has 1 rings (SSSR count). The SMILES string of the molecule is NCC(=O)N1CCSC1CO. The van der Waals surface area contributed by atoms with Gasteiger partial charge in [0.2, 0.25) is 5.91 Å². The lowest BCUT2D eigenvalue weighted by Gasteiger charge is -2.20. The van der Waals surface area contributed by atoms with Gasteiger partial charge < -0.3 is 15.7 Å². The quantitative estimate of drug-likeness (QED) is 0.557. The van der Waals surface area contributed by atoms with Crippen LogP contribution in [0.1, 0.15) is 0 Å². The maximum Gasteiger partial charge on any atom is 0.237 e. The summed E-state index contributed by atoms with van der Waals surface area (Å²) in [4.78, 5) is 12.7. The maximum atomic E-state index is 11.1. The van der Waals surface area contributed by atoms with Gasteiger partial charge in [-0.1, -0.05) is 0 Å². The monoisotopic (exact) mass is 176 g/mol. The van der Waals surface area contributed by atoms with Crippen LogP contribution in [0.3, 0.4) is 0 Å². The number of carbonyl (C=O) groups excluding carboxylic acids is 1. The molecule has 3 N–H and O–H groups in total. The molecular weight excluding hydrogens is 164 g/mol. The number of aliphatic hydroxyl groups excluding tert-OH is 1. The predicted molar refractivity (Wildman–Crippen MR) is 44.1 cm³/mol. The Hall–Kier alpha value is -0.260. The average Bonchev–Trinajstić information content (AvgIpc) is 2.50. The Balaban J connectivity index is 2.49. The summed E-state index contributed by atoms with van der Waals surface area (Å²) in [5, 5.41) is 8.76. The fraction of sp³-hybridized carbons (Fsp3) is 0.833. The number of rotatable bonds is 2. The van der Waals surface area contributed by atoms with E-state index in [4.69, 9.17) is 10.8 Å². The van der Waals surface area contributed by atoms with E-state index in [-0.39, 0.29) is 24.4 Å². The van der Waals surface area contributed by atoms with Gasteiger partial charge >= 0.3 is 0 Å². The second-order valence-corrected chi connectivity index (χ2v) is 3.59. The Morgan fingerprint density at radius 3 is 3.09 bits per heavy atom. The van der Waals surface area contributed by atoms with Gasteiger partial charge in [0.05, 0.1) is 13.2 Å². The predicted octanol–water partition coefficient (Wildman–Crippen LogP) is -1.16. The lowest BCUT2D eigenvalue weighted by Crippen LogP contribution is -2.40. The molecule has 1 fully saturated rings. The minimum Gasteiger partial charge on any atom is -0.393 e. The van der Waals surface area contributed by atoms with Crippen molar-refractivity contribution in [3.8, 4) is 0 Å². The smallest absolute Gasteiger partial charge is 0.237 e. The molecule has 0 aromatic carbocycles. The van der Waals surface area contributed by atoms with Gasteiger partial charge in [0.25, 0.3) is 0 Å². The maximum absolute atomic E-state index is 11.1. The number of thioether (sulfide) groups is 1. The minimum atomic E-state index is -0.0750. The van der Waals surface area contributed by atoms with E-state index in [0.717, 1.165) is 5.75 Å². The fourth-order valence-corrected chi connectivity index (χ4v) is 2.16. The van der Waals surface area contributed by atoms with Crippen molar-refractivity contribution in [1.29, 1.82) is 0 Å². The summed E-state index contributed by atoms with van der Waals surface area (Å²) in [5.74, 6) is 0.825. The molecule has 0 aromatic rings. The van der Waals surface area contributed by atoms with Crippen LogP contribution in [0.2, 0.25) is 0 Å². The third kappa shape index (κ3) is 1.85. The van der Waals surface area contributed by atoms with E-state index in [2.05, 4.69) is 0 Å². The molecule has 1 aliphatic heterocycles. The Labute approximate surface area is 69.7 Å². The average molecular weight is 176 g/mol. The lowest BCUT2D eigenvalue weighted by atomic mass is 10.4. The summed E-state index contributed by atoms with van der Waals surface area (Å²) >= 11 is 1.59. The molecule has 1 amide bonds. The summed E-state index contributed by atoms with van der Waals surface area (Å²) in [5.41, 5.74) is 5.19. The first kappa shape index (κ1) is 8.83. The Kier molecular flexibility index (Phi) is 3.16. The van der Waals surface area contributed by atoms with E-state index in [9.17, 15) is 4.79 Å². The molecule has 1 aliphatic rings. The van der Waals surface area contributed by atoms with E-state index in [1.165, 1.54) is 0 Å². The molecule has 4 nitrogen and oxygen atoms in total. The lowest BCUT2D eigenvalue weighted by molar-refractivity contribution is -0.130. The van der Waals surface area contributed by atoms with E-state index in [0.29, 0.717) is 6.54 Å². The highest BCUT2D eigenvalue weighted by atomic mass is 32.2. The van der Waals surface area contributed by atoms with Crippen molar-refractivity contribution >= 4 is 17.7 Å². The van der Waals surface area contributed by atoms with Crippen LogP contribution < -0.4 is 5.73 Å². The van der Waals surface area contributed by atoms with Crippen LogP contribution in [0.25, 0.3) is 0 Å². The number of amides is 1. The highest BCUT2D eigenvalue weighted by Crippen LogP contribution is 2.22. The Bertz CT molecular complexity index is 154. The van der Waals surface area contributed by atoms with E-state index in [1.54, 1.807) is 16.7 Å². The largest absolute Gasteiger partial charge is 0.393 e. The van der Waals surface area contributed by atoms with Crippen molar-refractivity contribution in [1.82, 2.24) is 4.90 Å². The molecule has 11 heavy (non-hydrogen) atoms. The molecular formula is C6H12N2O2S. The highest BCUT2D eigenvalue weighted by Gasteiger charge is 2.27. The van der Waals surface area contributed by atoms with Crippen molar-refractivity contribution in [2.24, 2.45) is 5.73 Å². The number of hydrogen-bond acceptors (Lipinski definition) is 4. The molecule has 0 radical (unpaired) electrons. The van der Waals surface area contributed by atoms with Crippen LogP contribution >= 0.6 is 11.8 Å². The molecule has 0 aromatic heterocycles. The van der Waals surface area contributed by atoms with Gasteiger partial charge in [0.15, 0.2) is 0 Å². The van der Waals surface area contributed by atoms with Gasteiger partial charge in [-0.15, -0.1) is 11.8 Å². The van der Waals surface area contributed by atoms with Crippen LogP contribution in [0, 0.1) is 0 Å². The first-order chi connectivity index (χ1) is 5.29. The summed E-state index contributed by atoms with van der Waals surface area (Å²) in [6, 6.07) is 0. The van der Waals surface area contributed by atoms with Gasteiger partial charge in [-0.25, -0.2) is 0 Å². The Morgan fingerprint density at radius 1 is 1.82 bits per heavy atom. The third-order valence-corrected chi connectivity index (χ3v) is 2.85. The molecule has 64 valence electrons. The summed E-state index contributed by atoms with van der Waals surface area (Å²) in [6.45, 7) is 0.777. The van der Waals surface area contributed by atoms with Gasteiger partial charge in [-0.05, 0) is 0 Å². The summed E-state index contributed by atoms with van der Waals surface area (Å²) < 4.78 is 0. The zero-order valence-electron chi connectivity index (χ0n) is 6.19. The minimum absolute atomic E-state index is 0.0242. The van der Waals surface area contributed by atoms with Gasteiger partial charge in [-0.2, -0.15) is 0 Å². The van der Waals surface area contributed by atoms with Crippen LogP contribution in [-0.4, -0.2) is 46.7 Å². The van der Waals surface area contributed by atoms with Crippen molar-refractivity contribution in [2.45, 2.75) is 5.37 Å². The van der Waals surface area contributed by atoms with Crippen LogP contribution in [0.4, 0.5) is 0 Å². The van der Waals surface area contributed by atoms with Crippen molar-refractivity contribution in [3.05, 3.63) is 0 Å². The number of nitrogens with zero attached hydrogens (tertiary/aromatic N) is 1. The van der Waals surface area contributed by atoms with Gasteiger partial charge in [-0.3, -0.25) is 4.79 Å². The molecule has 1 unspecified atom stereocenters. The van der Waals surface area contributed by atoms with Crippen LogP contribution in [-0.2, 0) is 4.79 Å². The molecule has 1 saturated heterocycles. The van der Waals surface area contributed by atoms with E-state index in [1.807, 2.05) is 0 Å². The van der Waals surface area contributed by atoms with E-state index >= 15 is 0 Å². The second kappa shape index (κ2) is 3.94. The van der Waals surface area contributed by atoms with Gasteiger partial charge in [0, 0.05) is 12.3 Å². The molecule has 0 spiro atoms. The molecule has 5 heteroatoms. The van der Waals surface area contributed by atoms with Gasteiger partial charge in [0.1, 0.15) is 5.37 Å². The van der Waals surface area contributed by atoms with Crippen molar-refractivity contribution < 1.29 is 9.90 Å². The molecule has 0 aliphatic carbocycles. The third-order valence-electron chi connectivity index (χ3n) is 1.64. The van der Waals surface area contributed by atoms with Crippen LogP contribution in [0.15, 0.2) is 0 Å². The molecule has 0 bridgehead atoms. The Morgan fingerprint density at radius 2 is 2.55 bits per heavy atom. The second-order valence-electron chi connectivity index (χ2n) is 2.30. The number of aliphatic hydroxyl groups is 1. The summed E-state index contributed by atoms with van der Waals surface area (Å²) in [7, 11) is 0. The number of carbonyl (C=O) groups is 1.